The van der Waals surface area contributed by atoms with Crippen LogP contribution in [0.3, 0.4) is 0 Å². The molecule has 57 heteroatoms. The van der Waals surface area contributed by atoms with E-state index in [0.717, 1.165) is 20.8 Å². The molecule has 0 aromatic carbocycles. The molecule has 3 amide bonds. The third-order valence-electron chi connectivity index (χ3n) is 27.1. The summed E-state index contributed by atoms with van der Waals surface area (Å²) < 4.78 is 127. The van der Waals surface area contributed by atoms with E-state index in [1.54, 1.807) is 13.8 Å². The standard InChI is InChI=1S/C82H141N3O54/c1-22(2)65-44(83-26(6)94)55(109)69(35(15-90)122-65)133-76-45(84-27(7)95)56(110)71(38(18-93)126-76)136-80-64(118)72(137-82-74(61(115)51(105)34(14-89)124-82)138-75-25(5)47(101)68(36(16-91)125-75)134-78-62(116)58(112)52(106)39(128-78)19-119-42-9-29(97)23(3)66(131-42)48(102)31(99)11-86)54(108)41(130-80)21-121-81-73(60(114)50(104)33(13-88)123-81)139-77-46(85-28(8)96)57(111)70(37(17-92)127-77)135-79-63(117)59(113)53(107)40(129-79)20-120-43-10-30(98)24(4)67(132-43)49(103)32(100)12-87/h22-25,29-82,86-93,97-118H,9-21H2,1-8H3,(H,83,94)(H,84,95)(H,85,96)/t23-,24-,25?,29?,30?,31?,32?,33?,34?,35?,36?,37?,38?,39?,40?,41?,42+,43+,44?,45?,46?,47-,48?,49?,50-,51-,52+,53+,54-,55-,56-,57-,58+,59+,60+,61+,62?,63?,64?,65+,66?,67?,68-,69-,70-,71-,72+,73?,74?,75+,76+,77+,78+,79+,80+,81+,82-/m1/s1. The summed E-state index contributed by atoms with van der Waals surface area (Å²) >= 11 is 0. The van der Waals surface area contributed by atoms with Crippen molar-refractivity contribution in [1.29, 1.82) is 0 Å². The molecule has 139 heavy (non-hydrogen) atoms. The fraction of sp³-hybridized carbons (Fsp3) is 0.963. The zero-order valence-corrected chi connectivity index (χ0v) is 76.9. The summed E-state index contributed by atoms with van der Waals surface area (Å²) in [6.45, 7) is -0.411. The minimum absolute atomic E-state index is 0.242. The molecule has 0 saturated carbocycles. The Hall–Kier alpha value is -3.63. The number of carbonyl (C=O) groups excluding carboxylic acids is 3. The van der Waals surface area contributed by atoms with Crippen LogP contribution in [0.2, 0.25) is 0 Å². The van der Waals surface area contributed by atoms with Gasteiger partial charge < -0.3 is 269 Å². The van der Waals surface area contributed by atoms with E-state index in [0.29, 0.717) is 0 Å². The lowest BCUT2D eigenvalue weighted by Crippen LogP contribution is -2.71. The Balaban J connectivity index is 0.864. The number of hydrogen-bond acceptors (Lipinski definition) is 54. The first-order valence-electron chi connectivity index (χ1n) is 46.0. The molecule has 0 aromatic heterocycles. The highest BCUT2D eigenvalue weighted by Gasteiger charge is 2.62. The predicted octanol–water partition coefficient (Wildman–Crippen LogP) is -19.5. The van der Waals surface area contributed by atoms with Gasteiger partial charge in [-0.3, -0.25) is 14.4 Å². The lowest BCUT2D eigenvalue weighted by Gasteiger charge is -2.51. The third-order valence-corrected chi connectivity index (χ3v) is 27.1. The fourth-order valence-electron chi connectivity index (χ4n) is 18.9. The second kappa shape index (κ2) is 51.1. The second-order valence-electron chi connectivity index (χ2n) is 37.3. The number of aliphatic hydroxyl groups is 30. The topological polar surface area (TPSA) is 888 Å². The highest BCUT2D eigenvalue weighted by Crippen LogP contribution is 2.43. The monoisotopic (exact) mass is 2030 g/mol. The maximum Gasteiger partial charge on any atom is 0.217 e. The van der Waals surface area contributed by atoms with Crippen LogP contribution >= 0.6 is 0 Å². The summed E-state index contributed by atoms with van der Waals surface area (Å²) in [7, 11) is 0. The van der Waals surface area contributed by atoms with Crippen LogP contribution in [0, 0.1) is 23.7 Å². The lowest BCUT2D eigenvalue weighted by molar-refractivity contribution is -0.401. The number of rotatable bonds is 39. The van der Waals surface area contributed by atoms with Gasteiger partial charge in [-0.2, -0.15) is 0 Å². The smallest absolute Gasteiger partial charge is 0.217 e. The number of ether oxygens (including phenoxy) is 21. The van der Waals surface area contributed by atoms with Gasteiger partial charge in [0.05, 0.1) is 115 Å². The van der Waals surface area contributed by atoms with Gasteiger partial charge in [0.15, 0.2) is 62.9 Å². The zero-order chi connectivity index (χ0) is 102. The molecule has 26 unspecified atom stereocenters. The largest absolute Gasteiger partial charge is 0.394 e. The van der Waals surface area contributed by atoms with Gasteiger partial charge in [0.1, 0.15) is 226 Å². The summed E-state index contributed by atoms with van der Waals surface area (Å²) in [6, 6.07) is -5.10. The van der Waals surface area contributed by atoms with Crippen LogP contribution in [0.1, 0.15) is 68.2 Å². The molecule has 11 aliphatic rings. The van der Waals surface area contributed by atoms with Gasteiger partial charge in [0.2, 0.25) is 17.7 Å². The highest BCUT2D eigenvalue weighted by atomic mass is 16.8. The predicted molar refractivity (Wildman–Crippen MR) is 440 cm³/mol. The number of nitrogens with one attached hydrogen (secondary N) is 3. The summed E-state index contributed by atoms with van der Waals surface area (Å²) in [5, 5.41) is 344. The van der Waals surface area contributed by atoms with Gasteiger partial charge in [-0.15, -0.1) is 0 Å². The normalized spacial score (nSPS) is 48.4. The van der Waals surface area contributed by atoms with Crippen molar-refractivity contribution in [3.63, 3.8) is 0 Å². The third kappa shape index (κ3) is 26.3. The first kappa shape index (κ1) is 116. The van der Waals surface area contributed by atoms with E-state index in [1.807, 2.05) is 0 Å². The molecule has 57 nitrogen and oxygen atoms in total. The molecule has 0 aromatic rings. The molecule has 57 atom stereocenters. The molecule has 11 fully saturated rings. The van der Waals surface area contributed by atoms with Crippen LogP contribution in [-0.2, 0) is 114 Å². The van der Waals surface area contributed by atoms with Gasteiger partial charge in [-0.1, -0.05) is 34.6 Å². The molecule has 11 rings (SSSR count). The Labute approximate surface area is 794 Å². The quantitative estimate of drug-likeness (QED) is 0.0272. The average Bonchev–Trinajstić information content (AvgIpc) is 0.763. The number of hydrogen-bond donors (Lipinski definition) is 33. The van der Waals surface area contributed by atoms with Crippen molar-refractivity contribution in [3.05, 3.63) is 0 Å². The lowest BCUT2D eigenvalue weighted by atomic mass is 9.87. The van der Waals surface area contributed by atoms with Gasteiger partial charge in [0.25, 0.3) is 0 Å². The Morgan fingerprint density at radius 1 is 0.281 bits per heavy atom. The average molecular weight is 2030 g/mol. The van der Waals surface area contributed by atoms with E-state index in [4.69, 9.17) is 99.5 Å². The van der Waals surface area contributed by atoms with Crippen LogP contribution in [-0.4, -0.2) is 575 Å². The van der Waals surface area contributed by atoms with E-state index in [2.05, 4.69) is 16.0 Å². The number of amides is 3. The Morgan fingerprint density at radius 3 is 0.978 bits per heavy atom. The molecule has 11 heterocycles. The van der Waals surface area contributed by atoms with Gasteiger partial charge >= 0.3 is 0 Å². The fourth-order valence-corrected chi connectivity index (χ4v) is 18.9. The van der Waals surface area contributed by atoms with Crippen LogP contribution in [0.25, 0.3) is 0 Å². The minimum Gasteiger partial charge on any atom is -0.394 e. The van der Waals surface area contributed by atoms with Gasteiger partial charge in [-0.25, -0.2) is 0 Å². The van der Waals surface area contributed by atoms with Gasteiger partial charge in [0, 0.05) is 51.4 Å². The Kier molecular flexibility index (Phi) is 42.5. The molecular weight excluding hydrogens is 1890 g/mol. The Morgan fingerprint density at radius 2 is 0.583 bits per heavy atom. The van der Waals surface area contributed by atoms with Crippen molar-refractivity contribution >= 4 is 17.7 Å². The van der Waals surface area contributed by atoms with E-state index in [9.17, 15) is 168 Å². The Bertz CT molecular complexity index is 3730. The van der Waals surface area contributed by atoms with Crippen molar-refractivity contribution in [2.24, 2.45) is 23.7 Å². The van der Waals surface area contributed by atoms with Crippen LogP contribution in [0.4, 0.5) is 0 Å². The van der Waals surface area contributed by atoms with Crippen molar-refractivity contribution < 1.29 is 267 Å². The second-order valence-corrected chi connectivity index (χ2v) is 37.3. The summed E-state index contributed by atoms with van der Waals surface area (Å²) in [4.78, 5) is 39.0. The molecule has 33 N–H and O–H groups in total. The molecule has 808 valence electrons. The molecule has 11 saturated heterocycles. The van der Waals surface area contributed by atoms with E-state index < -0.39 is 445 Å². The van der Waals surface area contributed by atoms with E-state index in [-0.39, 0.29) is 12.8 Å². The van der Waals surface area contributed by atoms with Crippen LogP contribution in [0.5, 0.6) is 0 Å². The molecule has 0 bridgehead atoms. The summed E-state index contributed by atoms with van der Waals surface area (Å²) in [5.74, 6) is -6.06. The maximum absolute atomic E-state index is 13.2. The van der Waals surface area contributed by atoms with Gasteiger partial charge in [-0.05, 0) is 5.92 Å². The van der Waals surface area contributed by atoms with Crippen molar-refractivity contribution in [2.45, 2.75) is 400 Å². The molecule has 0 spiro atoms. The van der Waals surface area contributed by atoms with Crippen molar-refractivity contribution in [3.8, 4) is 0 Å². The van der Waals surface area contributed by atoms with Crippen LogP contribution in [0.15, 0.2) is 0 Å². The minimum atomic E-state index is -2.56. The van der Waals surface area contributed by atoms with E-state index in [1.165, 1.54) is 20.8 Å². The molecular formula is C82H141N3O54. The first-order chi connectivity index (χ1) is 65.7. The maximum atomic E-state index is 13.2. The van der Waals surface area contributed by atoms with E-state index >= 15 is 0 Å². The number of carbonyl (C=O) groups is 3. The number of aliphatic hydroxyl groups excluding tert-OH is 30. The summed E-state index contributed by atoms with van der Waals surface area (Å²) in [5.41, 5.74) is 0. The summed E-state index contributed by atoms with van der Waals surface area (Å²) in [6.07, 6.45) is -99.2. The first-order valence-corrected chi connectivity index (χ1v) is 46.0. The molecule has 11 aliphatic heterocycles. The zero-order valence-electron chi connectivity index (χ0n) is 76.9. The van der Waals surface area contributed by atoms with Crippen molar-refractivity contribution in [2.75, 3.05) is 72.7 Å². The molecule has 0 radical (unpaired) electrons. The van der Waals surface area contributed by atoms with Crippen molar-refractivity contribution in [1.82, 2.24) is 16.0 Å². The molecule has 0 aliphatic carbocycles. The SMILES string of the molecule is CC(=O)NC1[C@H](OC2[C@@H](OCC3O[C@@H](O[C@@H]4C(CO)O[C@@H](O[C@@H]5C(CO)O[C@@H](C(C)C)C(NC(C)=O)[C@H]5O)C(NC(C)=O)[C@H]4O)C(O)[C@@H](O[C@H]4OC(CO)[C@@H](O)[C@H](O)C4O[C@@H]4OC(CO)[C@@H](O[C@@H]5OC(CO[C@@H]6CC(O)[C@@H](C)C(C(O)C(O)CO)O6)[C@H](O)[C@H](O)C5O)[C@H](O)C4C)[C@@H]3O)OC(CO)[C@@H](O)[C@@H]2O)OC(CO)[C@@H](O[C@@H]2OC(CO[C@@H]3CC(O)[C@@H](C)C(C(O)C(O)CO)O3)[C@H](O)[C@H](O)C2O)[C@@H]1O. The highest BCUT2D eigenvalue weighted by molar-refractivity contribution is 5.74. The van der Waals surface area contributed by atoms with Crippen LogP contribution < -0.4 is 16.0 Å².